The van der Waals surface area contributed by atoms with Crippen molar-refractivity contribution in [3.05, 3.63) is 47.6 Å². The predicted molar refractivity (Wildman–Crippen MR) is 97.4 cm³/mol. The number of hydrogen-bond donors (Lipinski definition) is 2. The molecule has 0 spiro atoms. The van der Waals surface area contributed by atoms with E-state index in [4.69, 9.17) is 0 Å². The molecule has 1 atom stereocenters. The summed E-state index contributed by atoms with van der Waals surface area (Å²) in [4.78, 5) is 0.191. The Labute approximate surface area is 157 Å². The predicted octanol–water partition coefficient (Wildman–Crippen LogP) is -0.136. The van der Waals surface area contributed by atoms with Crippen LogP contribution < -0.4 is 4.72 Å². The van der Waals surface area contributed by atoms with Crippen molar-refractivity contribution >= 4 is 20.0 Å². The molecule has 0 bridgehead atoms. The van der Waals surface area contributed by atoms with Crippen LogP contribution in [0.25, 0.3) is 0 Å². The third-order valence-corrected chi connectivity index (χ3v) is 7.20. The number of tetrazole rings is 1. The van der Waals surface area contributed by atoms with Crippen molar-refractivity contribution in [1.29, 1.82) is 0 Å². The summed E-state index contributed by atoms with van der Waals surface area (Å²) in [6.45, 7) is 4.02. The molecule has 146 valence electrons. The molecule has 12 heteroatoms. The largest absolute Gasteiger partial charge is 0.243 e. The summed E-state index contributed by atoms with van der Waals surface area (Å²) < 4.78 is 52.5. The van der Waals surface area contributed by atoms with Gasteiger partial charge >= 0.3 is 0 Å². The van der Waals surface area contributed by atoms with Gasteiger partial charge < -0.3 is 0 Å². The van der Waals surface area contributed by atoms with E-state index in [1.165, 1.54) is 4.31 Å². The third-order valence-electron chi connectivity index (χ3n) is 4.33. The molecule has 1 fully saturated rings. The van der Waals surface area contributed by atoms with Gasteiger partial charge in [-0.25, -0.2) is 21.6 Å². The molecule has 3 rings (SSSR count). The van der Waals surface area contributed by atoms with Crippen LogP contribution in [0.4, 0.5) is 0 Å². The highest BCUT2D eigenvalue weighted by atomic mass is 32.2. The van der Waals surface area contributed by atoms with E-state index in [-0.39, 0.29) is 23.9 Å². The van der Waals surface area contributed by atoms with Crippen LogP contribution in [0.5, 0.6) is 0 Å². The maximum Gasteiger partial charge on any atom is 0.243 e. The van der Waals surface area contributed by atoms with Crippen molar-refractivity contribution in [2.75, 3.05) is 19.6 Å². The maximum absolute atomic E-state index is 12.9. The molecule has 0 amide bonds. The van der Waals surface area contributed by atoms with Crippen molar-refractivity contribution in [2.45, 2.75) is 17.7 Å². The second-order valence-electron chi connectivity index (χ2n) is 6.23. The molecule has 0 unspecified atom stereocenters. The van der Waals surface area contributed by atoms with Gasteiger partial charge in [-0.1, -0.05) is 23.9 Å². The third kappa shape index (κ3) is 4.77. The highest BCUT2D eigenvalue weighted by molar-refractivity contribution is 7.92. The molecule has 0 radical (unpaired) electrons. The van der Waals surface area contributed by atoms with E-state index < -0.39 is 20.0 Å². The summed E-state index contributed by atoms with van der Waals surface area (Å²) >= 11 is 0. The molecular weight excluding hydrogens is 392 g/mol. The monoisotopic (exact) mass is 412 g/mol. The normalized spacial score (nSPS) is 18.6. The minimum absolute atomic E-state index is 0.0861. The number of aromatic amines is 1. The number of nitrogens with zero attached hydrogens (tertiary/aromatic N) is 4. The van der Waals surface area contributed by atoms with Gasteiger partial charge in [0, 0.05) is 31.5 Å². The van der Waals surface area contributed by atoms with Gasteiger partial charge in [-0.3, -0.25) is 0 Å². The second-order valence-corrected chi connectivity index (χ2v) is 9.88. The molecule has 27 heavy (non-hydrogen) atoms. The Balaban J connectivity index is 1.69. The maximum atomic E-state index is 12.9. The zero-order valence-electron chi connectivity index (χ0n) is 14.4. The Hall–Kier alpha value is -2.15. The van der Waals surface area contributed by atoms with Gasteiger partial charge in [-0.05, 0) is 30.0 Å². The quantitative estimate of drug-likeness (QED) is 0.615. The Morgan fingerprint density at radius 1 is 1.33 bits per heavy atom. The SMILES string of the molecule is C=CS(=O)(=O)NC[C@H]1CCN(S(=O)(=O)c2cccc(Cc3nn[nH]n3)c2)C1. The Bertz CT molecular complexity index is 1000. The van der Waals surface area contributed by atoms with E-state index in [2.05, 4.69) is 31.9 Å². The fourth-order valence-corrected chi connectivity index (χ4v) is 5.07. The van der Waals surface area contributed by atoms with Crippen LogP contribution in [0, 0.1) is 5.92 Å². The fourth-order valence-electron chi connectivity index (χ4n) is 2.88. The highest BCUT2D eigenvalue weighted by Gasteiger charge is 2.33. The molecule has 1 aliphatic heterocycles. The molecule has 1 aliphatic rings. The molecule has 0 saturated carbocycles. The van der Waals surface area contributed by atoms with Gasteiger partial charge in [0.05, 0.1) is 4.90 Å². The lowest BCUT2D eigenvalue weighted by molar-refractivity contribution is 0.455. The summed E-state index contributed by atoms with van der Waals surface area (Å²) in [5.74, 6) is 0.386. The first-order valence-electron chi connectivity index (χ1n) is 8.24. The van der Waals surface area contributed by atoms with Gasteiger partial charge in [0.15, 0.2) is 5.82 Å². The van der Waals surface area contributed by atoms with Gasteiger partial charge in [0.2, 0.25) is 20.0 Å². The fraction of sp³-hybridized carbons (Fsp3) is 0.400. The minimum atomic E-state index is -3.66. The molecular formula is C15H20N6O4S2. The molecule has 2 aromatic rings. The summed E-state index contributed by atoms with van der Waals surface area (Å²) in [6, 6.07) is 6.61. The Morgan fingerprint density at radius 3 is 2.85 bits per heavy atom. The molecule has 2 N–H and O–H groups in total. The molecule has 1 aromatic carbocycles. The lowest BCUT2D eigenvalue weighted by Crippen LogP contribution is -2.32. The van der Waals surface area contributed by atoms with Crippen molar-refractivity contribution in [1.82, 2.24) is 29.7 Å². The smallest absolute Gasteiger partial charge is 0.211 e. The second kappa shape index (κ2) is 7.84. The summed E-state index contributed by atoms with van der Waals surface area (Å²) in [6.07, 6.45) is 0.952. The van der Waals surface area contributed by atoms with Gasteiger partial charge in [0.1, 0.15) is 0 Å². The molecule has 0 aliphatic carbocycles. The van der Waals surface area contributed by atoms with E-state index in [1.807, 2.05) is 0 Å². The van der Waals surface area contributed by atoms with Crippen LogP contribution in [-0.4, -0.2) is 61.4 Å². The number of H-pyrrole nitrogens is 1. The zero-order valence-corrected chi connectivity index (χ0v) is 16.1. The van der Waals surface area contributed by atoms with Crippen LogP contribution in [-0.2, 0) is 26.5 Å². The number of hydrogen-bond acceptors (Lipinski definition) is 7. The highest BCUT2D eigenvalue weighted by Crippen LogP contribution is 2.25. The van der Waals surface area contributed by atoms with Gasteiger partial charge in [-0.15, -0.1) is 10.2 Å². The van der Waals surface area contributed by atoms with E-state index in [0.717, 1.165) is 11.0 Å². The molecule has 1 saturated heterocycles. The van der Waals surface area contributed by atoms with E-state index in [9.17, 15) is 16.8 Å². The van der Waals surface area contributed by atoms with Crippen molar-refractivity contribution in [3.63, 3.8) is 0 Å². The number of rotatable bonds is 8. The molecule has 2 heterocycles. The lowest BCUT2D eigenvalue weighted by Gasteiger charge is -2.17. The Kier molecular flexibility index (Phi) is 5.69. The van der Waals surface area contributed by atoms with E-state index >= 15 is 0 Å². The first-order valence-corrected chi connectivity index (χ1v) is 11.2. The minimum Gasteiger partial charge on any atom is -0.211 e. The first-order chi connectivity index (χ1) is 12.8. The average molecular weight is 412 g/mol. The lowest BCUT2D eigenvalue weighted by atomic mass is 10.1. The molecule has 1 aromatic heterocycles. The van der Waals surface area contributed by atoms with E-state index in [0.29, 0.717) is 25.2 Å². The number of aromatic nitrogens is 4. The van der Waals surface area contributed by atoms with Crippen molar-refractivity contribution < 1.29 is 16.8 Å². The van der Waals surface area contributed by atoms with Crippen molar-refractivity contribution in [3.8, 4) is 0 Å². The number of nitrogens with one attached hydrogen (secondary N) is 2. The van der Waals surface area contributed by atoms with Gasteiger partial charge in [0.25, 0.3) is 0 Å². The number of sulfonamides is 2. The number of benzene rings is 1. The summed E-state index contributed by atoms with van der Waals surface area (Å²) in [5.41, 5.74) is 0.756. The van der Waals surface area contributed by atoms with Crippen LogP contribution in [0.15, 0.2) is 41.1 Å². The topological polar surface area (TPSA) is 138 Å². The van der Waals surface area contributed by atoms with Crippen LogP contribution in [0.3, 0.4) is 0 Å². The van der Waals surface area contributed by atoms with Crippen molar-refractivity contribution in [2.24, 2.45) is 5.92 Å². The zero-order chi connectivity index (χ0) is 19.5. The Morgan fingerprint density at radius 2 is 2.15 bits per heavy atom. The van der Waals surface area contributed by atoms with Crippen LogP contribution in [0.1, 0.15) is 17.8 Å². The van der Waals surface area contributed by atoms with E-state index in [1.54, 1.807) is 24.3 Å². The first kappa shape index (κ1) is 19.6. The average Bonchev–Trinajstić information content (AvgIpc) is 3.32. The summed E-state index contributed by atoms with van der Waals surface area (Å²) in [5, 5.41) is 14.4. The molecule has 10 nitrogen and oxygen atoms in total. The van der Waals surface area contributed by atoms with Crippen LogP contribution >= 0.6 is 0 Å². The summed E-state index contributed by atoms with van der Waals surface area (Å²) in [7, 11) is -7.18. The van der Waals surface area contributed by atoms with Crippen LogP contribution in [0.2, 0.25) is 0 Å². The standard InChI is InChI=1S/C15H20N6O4S2/c1-2-26(22,23)16-10-13-6-7-21(11-13)27(24,25)14-5-3-4-12(8-14)9-15-17-19-20-18-15/h2-5,8,13,16H,1,6-7,9-11H2,(H,17,18,19,20)/t13-/m1/s1. The van der Waals surface area contributed by atoms with Gasteiger partial charge in [-0.2, -0.15) is 9.52 Å².